The van der Waals surface area contributed by atoms with Gasteiger partial charge in [-0.25, -0.2) is 4.39 Å². The number of nitrogens with one attached hydrogen (secondary N) is 1. The number of nitrogens with zero attached hydrogens (tertiary/aromatic N) is 1. The van der Waals surface area contributed by atoms with E-state index in [0.717, 1.165) is 5.56 Å². The lowest BCUT2D eigenvalue weighted by Crippen LogP contribution is -2.37. The maximum absolute atomic E-state index is 13.6. The Kier molecular flexibility index (Phi) is 4.34. The summed E-state index contributed by atoms with van der Waals surface area (Å²) >= 11 is 4.81. The highest BCUT2D eigenvalue weighted by atomic mass is 32.1. The van der Waals surface area contributed by atoms with Gasteiger partial charge < -0.3 is 10.1 Å². The van der Waals surface area contributed by atoms with Crippen LogP contribution in [0, 0.1) is 5.82 Å². The number of thiocarbonyl (C=S) groups is 1. The molecule has 1 aliphatic rings. The third-order valence-corrected chi connectivity index (χ3v) is 3.41. The molecule has 1 radical (unpaired) electrons. The Balaban J connectivity index is 1.77. The number of para-hydroxylation sites is 1. The molecular formula is C17H12FN2O2S. The van der Waals surface area contributed by atoms with Gasteiger partial charge in [0.1, 0.15) is 5.75 Å². The first-order chi connectivity index (χ1) is 11.1. The average Bonchev–Trinajstić information content (AvgIpc) is 2.53. The molecule has 23 heavy (non-hydrogen) atoms. The van der Waals surface area contributed by atoms with Gasteiger partial charge in [-0.1, -0.05) is 24.3 Å². The van der Waals surface area contributed by atoms with Crippen molar-refractivity contribution in [1.82, 2.24) is 10.6 Å². The quantitative estimate of drug-likeness (QED) is 0.877. The van der Waals surface area contributed by atoms with Crippen molar-refractivity contribution in [2.75, 3.05) is 0 Å². The van der Waals surface area contributed by atoms with Crippen LogP contribution >= 0.6 is 12.2 Å². The Labute approximate surface area is 138 Å². The van der Waals surface area contributed by atoms with Crippen LogP contribution in [-0.2, 0) is 11.2 Å². The lowest BCUT2D eigenvalue weighted by atomic mass is 10.0. The summed E-state index contributed by atoms with van der Waals surface area (Å²) in [5.74, 6) is -0.134. The number of benzene rings is 2. The predicted molar refractivity (Wildman–Crippen MR) is 87.6 cm³/mol. The monoisotopic (exact) mass is 327 g/mol. The van der Waals surface area contributed by atoms with Crippen LogP contribution in [0.1, 0.15) is 5.56 Å². The third-order valence-electron chi connectivity index (χ3n) is 3.21. The van der Waals surface area contributed by atoms with E-state index in [-0.39, 0.29) is 16.8 Å². The van der Waals surface area contributed by atoms with E-state index in [1.165, 1.54) is 6.07 Å². The number of ether oxygens (including phenoxy) is 1. The summed E-state index contributed by atoms with van der Waals surface area (Å²) in [6.45, 7) is 0. The molecule has 0 fully saturated rings. The Morgan fingerprint density at radius 1 is 1.17 bits per heavy atom. The van der Waals surface area contributed by atoms with E-state index >= 15 is 0 Å². The van der Waals surface area contributed by atoms with Gasteiger partial charge >= 0.3 is 0 Å². The molecule has 4 nitrogen and oxygen atoms in total. The molecule has 1 heterocycles. The van der Waals surface area contributed by atoms with E-state index in [4.69, 9.17) is 17.0 Å². The molecular weight excluding hydrogens is 315 g/mol. The van der Waals surface area contributed by atoms with Crippen LogP contribution in [0.5, 0.6) is 11.5 Å². The molecule has 0 atom stereocenters. The zero-order chi connectivity index (χ0) is 16.2. The number of hydrogen-bond acceptors (Lipinski definition) is 3. The van der Waals surface area contributed by atoms with Crippen molar-refractivity contribution >= 4 is 23.2 Å². The van der Waals surface area contributed by atoms with Crippen LogP contribution in [0.25, 0.3) is 0 Å². The molecule has 1 N–H and O–H groups in total. The molecule has 0 aromatic heterocycles. The molecule has 115 valence electrons. The van der Waals surface area contributed by atoms with Crippen molar-refractivity contribution < 1.29 is 13.9 Å². The first-order valence-corrected chi connectivity index (χ1v) is 7.29. The van der Waals surface area contributed by atoms with Gasteiger partial charge in [-0.2, -0.15) is 5.32 Å². The van der Waals surface area contributed by atoms with Gasteiger partial charge in [-0.3, -0.25) is 4.79 Å². The van der Waals surface area contributed by atoms with Crippen molar-refractivity contribution in [3.8, 4) is 11.5 Å². The number of amides is 1. The standard InChI is InChI=1S/C17H12FN2O2S/c18-14-6-1-2-7-15(14)22-13-5-3-4-11(9-13)8-12-10-19-17(23)20-16(12)21/h1-7,9-10H,8H2,(H,19,23). The van der Waals surface area contributed by atoms with E-state index in [1.807, 2.05) is 6.07 Å². The van der Waals surface area contributed by atoms with Gasteiger partial charge in [0, 0.05) is 18.2 Å². The second-order valence-electron chi connectivity index (χ2n) is 4.89. The minimum atomic E-state index is -0.431. The van der Waals surface area contributed by atoms with Crippen LogP contribution in [0.4, 0.5) is 4.39 Å². The molecule has 0 spiro atoms. The zero-order valence-corrected chi connectivity index (χ0v) is 12.8. The van der Waals surface area contributed by atoms with E-state index in [2.05, 4.69) is 10.6 Å². The highest BCUT2D eigenvalue weighted by Gasteiger charge is 2.18. The fraction of sp³-hybridized carbons (Fsp3) is 0.0588. The largest absolute Gasteiger partial charge is 0.454 e. The third kappa shape index (κ3) is 3.73. The van der Waals surface area contributed by atoms with E-state index < -0.39 is 5.82 Å². The van der Waals surface area contributed by atoms with E-state index in [1.54, 1.807) is 42.6 Å². The first kappa shape index (κ1) is 15.2. The molecule has 3 rings (SSSR count). The molecule has 2 aromatic rings. The lowest BCUT2D eigenvalue weighted by Gasteiger charge is -2.14. The minimum Gasteiger partial charge on any atom is -0.454 e. The van der Waals surface area contributed by atoms with E-state index in [0.29, 0.717) is 17.7 Å². The zero-order valence-electron chi connectivity index (χ0n) is 12.0. The molecule has 1 aliphatic heterocycles. The van der Waals surface area contributed by atoms with Gasteiger partial charge in [0.15, 0.2) is 16.7 Å². The molecule has 0 saturated heterocycles. The second kappa shape index (κ2) is 6.58. The van der Waals surface area contributed by atoms with Crippen LogP contribution in [0.15, 0.2) is 60.3 Å². The molecule has 0 saturated carbocycles. The predicted octanol–water partition coefficient (Wildman–Crippen LogP) is 3.06. The van der Waals surface area contributed by atoms with Crippen LogP contribution in [0.2, 0.25) is 0 Å². The van der Waals surface area contributed by atoms with Gasteiger partial charge in [-0.15, -0.1) is 0 Å². The smallest absolute Gasteiger partial charge is 0.277 e. The summed E-state index contributed by atoms with van der Waals surface area (Å²) in [6.07, 6.45) is 1.94. The molecule has 2 aromatic carbocycles. The average molecular weight is 327 g/mol. The van der Waals surface area contributed by atoms with Crippen LogP contribution in [0.3, 0.4) is 0 Å². The van der Waals surface area contributed by atoms with Gasteiger partial charge in [-0.05, 0) is 42.0 Å². The Morgan fingerprint density at radius 3 is 2.78 bits per heavy atom. The lowest BCUT2D eigenvalue weighted by molar-refractivity contribution is -0.116. The number of rotatable bonds is 4. The van der Waals surface area contributed by atoms with Crippen molar-refractivity contribution in [2.24, 2.45) is 0 Å². The fourth-order valence-electron chi connectivity index (χ4n) is 2.13. The maximum atomic E-state index is 13.6. The highest BCUT2D eigenvalue weighted by Crippen LogP contribution is 2.25. The van der Waals surface area contributed by atoms with E-state index in [9.17, 15) is 9.18 Å². The summed E-state index contributed by atoms with van der Waals surface area (Å²) in [6, 6.07) is 13.3. The van der Waals surface area contributed by atoms with Crippen LogP contribution in [-0.4, -0.2) is 11.0 Å². The molecule has 0 unspecified atom stereocenters. The number of hydrogen-bond donors (Lipinski definition) is 1. The Hall–Kier alpha value is -2.73. The highest BCUT2D eigenvalue weighted by molar-refractivity contribution is 7.80. The van der Waals surface area contributed by atoms with Crippen molar-refractivity contribution in [3.63, 3.8) is 0 Å². The van der Waals surface area contributed by atoms with Gasteiger partial charge in [0.2, 0.25) is 0 Å². The minimum absolute atomic E-state index is 0.152. The summed E-state index contributed by atoms with van der Waals surface area (Å²) in [5.41, 5.74) is 1.35. The van der Waals surface area contributed by atoms with Crippen molar-refractivity contribution in [1.29, 1.82) is 0 Å². The second-order valence-corrected chi connectivity index (χ2v) is 5.28. The summed E-state index contributed by atoms with van der Waals surface area (Å²) in [5, 5.41) is 6.60. The molecule has 1 amide bonds. The number of carbonyl (C=O) groups is 1. The number of carbonyl (C=O) groups excluding carboxylic acids is 1. The van der Waals surface area contributed by atoms with Crippen molar-refractivity contribution in [2.45, 2.75) is 6.42 Å². The normalized spacial score (nSPS) is 13.9. The van der Waals surface area contributed by atoms with Gasteiger partial charge in [0.25, 0.3) is 5.91 Å². The Bertz CT molecular complexity index is 805. The van der Waals surface area contributed by atoms with Crippen molar-refractivity contribution in [3.05, 3.63) is 71.7 Å². The summed E-state index contributed by atoms with van der Waals surface area (Å²) < 4.78 is 19.2. The topological polar surface area (TPSA) is 52.4 Å². The first-order valence-electron chi connectivity index (χ1n) is 6.89. The summed E-state index contributed by atoms with van der Waals surface area (Å²) in [7, 11) is 0. The molecule has 0 bridgehead atoms. The van der Waals surface area contributed by atoms with Gasteiger partial charge in [0.05, 0.1) is 0 Å². The maximum Gasteiger partial charge on any atom is 0.277 e. The summed E-state index contributed by atoms with van der Waals surface area (Å²) in [4.78, 5) is 11.8. The molecule has 0 aliphatic carbocycles. The SMILES string of the molecule is O=C1[N]C(=S)NC=C1Cc1cccc(Oc2ccccc2F)c1. The Morgan fingerprint density at radius 2 is 2.00 bits per heavy atom. The number of halogens is 1. The fourth-order valence-corrected chi connectivity index (χ4v) is 2.27. The van der Waals surface area contributed by atoms with Crippen LogP contribution < -0.4 is 15.4 Å². The molecule has 6 heteroatoms.